The molecule has 1 saturated heterocycles. The first kappa shape index (κ1) is 9.68. The van der Waals surface area contributed by atoms with Gasteiger partial charge in [0.1, 0.15) is 6.29 Å². The number of aldehydes is 1. The second kappa shape index (κ2) is 3.54. The Hall–Kier alpha value is -0.410. The fourth-order valence-electron chi connectivity index (χ4n) is 1.74. The van der Waals surface area contributed by atoms with E-state index in [1.165, 1.54) is 0 Å². The quantitative estimate of drug-likeness (QED) is 0.626. The van der Waals surface area contributed by atoms with Gasteiger partial charge in [0, 0.05) is 25.0 Å². The van der Waals surface area contributed by atoms with Gasteiger partial charge in [-0.3, -0.25) is 4.90 Å². The summed E-state index contributed by atoms with van der Waals surface area (Å²) in [5.74, 6) is 0. The van der Waals surface area contributed by atoms with Gasteiger partial charge in [-0.1, -0.05) is 0 Å². The van der Waals surface area contributed by atoms with Crippen LogP contribution in [-0.4, -0.2) is 41.0 Å². The summed E-state index contributed by atoms with van der Waals surface area (Å²) < 4.78 is 0. The van der Waals surface area contributed by atoms with E-state index in [4.69, 9.17) is 0 Å². The van der Waals surface area contributed by atoms with Crippen molar-refractivity contribution in [2.24, 2.45) is 0 Å². The first-order chi connectivity index (χ1) is 5.59. The van der Waals surface area contributed by atoms with Gasteiger partial charge in [-0.15, -0.1) is 0 Å². The van der Waals surface area contributed by atoms with Crippen molar-refractivity contribution in [2.45, 2.75) is 38.3 Å². The summed E-state index contributed by atoms with van der Waals surface area (Å²) in [5.41, 5.74) is -0.150. The normalized spacial score (nSPS) is 29.1. The number of hydrogen-bond acceptors (Lipinski definition) is 3. The zero-order valence-electron chi connectivity index (χ0n) is 7.79. The number of aliphatic hydroxyl groups is 1. The molecule has 1 heterocycles. The van der Waals surface area contributed by atoms with Crippen molar-refractivity contribution in [1.82, 2.24) is 4.90 Å². The second-order valence-electron chi connectivity index (χ2n) is 3.90. The standard InChI is InChI=1S/C9H17NO2/c1-9(2)8(12)4-6-10(9)5-3-7-11/h7-8,12H,3-6H2,1-2H3. The molecule has 1 aliphatic rings. The first-order valence-corrected chi connectivity index (χ1v) is 4.46. The van der Waals surface area contributed by atoms with Crippen LogP contribution in [0.15, 0.2) is 0 Å². The highest BCUT2D eigenvalue weighted by molar-refractivity contribution is 5.49. The summed E-state index contributed by atoms with van der Waals surface area (Å²) in [4.78, 5) is 12.3. The van der Waals surface area contributed by atoms with Crippen molar-refractivity contribution in [3.63, 3.8) is 0 Å². The molecule has 0 saturated carbocycles. The van der Waals surface area contributed by atoms with Crippen LogP contribution in [0.3, 0.4) is 0 Å². The summed E-state index contributed by atoms with van der Waals surface area (Å²) in [6, 6.07) is 0. The van der Waals surface area contributed by atoms with Crippen molar-refractivity contribution in [2.75, 3.05) is 13.1 Å². The predicted octanol–water partition coefficient (Wildman–Crippen LogP) is 0.421. The van der Waals surface area contributed by atoms with Crippen molar-refractivity contribution in [3.8, 4) is 0 Å². The Morgan fingerprint density at radius 2 is 2.33 bits per heavy atom. The average Bonchev–Trinajstić information content (AvgIpc) is 2.25. The maximum Gasteiger partial charge on any atom is 0.121 e. The lowest BCUT2D eigenvalue weighted by molar-refractivity contribution is -0.108. The molecule has 0 aromatic rings. The Morgan fingerprint density at radius 3 is 2.75 bits per heavy atom. The summed E-state index contributed by atoms with van der Waals surface area (Å²) in [7, 11) is 0. The SMILES string of the molecule is CC1(C)C(O)CCN1CCC=O. The number of hydrogen-bond donors (Lipinski definition) is 1. The van der Waals surface area contributed by atoms with E-state index in [0.717, 1.165) is 25.8 Å². The van der Waals surface area contributed by atoms with Crippen molar-refractivity contribution in [3.05, 3.63) is 0 Å². The van der Waals surface area contributed by atoms with Gasteiger partial charge >= 0.3 is 0 Å². The molecule has 1 atom stereocenters. The van der Waals surface area contributed by atoms with Gasteiger partial charge in [-0.2, -0.15) is 0 Å². The van der Waals surface area contributed by atoms with Gasteiger partial charge in [0.05, 0.1) is 6.10 Å². The molecule has 1 N–H and O–H groups in total. The fraction of sp³-hybridized carbons (Fsp3) is 0.889. The molecule has 0 bridgehead atoms. The third-order valence-electron chi connectivity index (χ3n) is 2.82. The molecule has 0 aromatic heterocycles. The maximum atomic E-state index is 10.2. The van der Waals surface area contributed by atoms with Gasteiger partial charge < -0.3 is 9.90 Å². The Kier molecular flexibility index (Phi) is 2.85. The molecule has 0 spiro atoms. The summed E-state index contributed by atoms with van der Waals surface area (Å²) in [6.07, 6.45) is 2.08. The second-order valence-corrected chi connectivity index (χ2v) is 3.90. The van der Waals surface area contributed by atoms with Crippen molar-refractivity contribution in [1.29, 1.82) is 0 Å². The van der Waals surface area contributed by atoms with Gasteiger partial charge in [-0.05, 0) is 20.3 Å². The number of carbonyl (C=O) groups excluding carboxylic acids is 1. The highest BCUT2D eigenvalue weighted by Crippen LogP contribution is 2.28. The van der Waals surface area contributed by atoms with Crippen LogP contribution in [0.4, 0.5) is 0 Å². The molecule has 0 aliphatic carbocycles. The molecule has 0 aromatic carbocycles. The Balaban J connectivity index is 2.49. The molecule has 3 heteroatoms. The summed E-state index contributed by atoms with van der Waals surface area (Å²) in [6.45, 7) is 5.72. The minimum Gasteiger partial charge on any atom is -0.391 e. The van der Waals surface area contributed by atoms with Crippen LogP contribution < -0.4 is 0 Å². The molecule has 0 radical (unpaired) electrons. The number of aliphatic hydroxyl groups excluding tert-OH is 1. The monoisotopic (exact) mass is 171 g/mol. The van der Waals surface area contributed by atoms with E-state index < -0.39 is 0 Å². The zero-order valence-corrected chi connectivity index (χ0v) is 7.79. The third-order valence-corrected chi connectivity index (χ3v) is 2.82. The molecule has 1 fully saturated rings. The van der Waals surface area contributed by atoms with Crippen molar-refractivity contribution >= 4 is 6.29 Å². The van der Waals surface area contributed by atoms with Crippen LogP contribution in [0.1, 0.15) is 26.7 Å². The molecule has 12 heavy (non-hydrogen) atoms. The van der Waals surface area contributed by atoms with Crippen LogP contribution in [-0.2, 0) is 4.79 Å². The molecule has 1 unspecified atom stereocenters. The zero-order chi connectivity index (χ0) is 9.19. The van der Waals surface area contributed by atoms with Crippen LogP contribution in [0, 0.1) is 0 Å². The van der Waals surface area contributed by atoms with E-state index in [9.17, 15) is 9.90 Å². The van der Waals surface area contributed by atoms with Crippen LogP contribution >= 0.6 is 0 Å². The van der Waals surface area contributed by atoms with E-state index >= 15 is 0 Å². The Labute approximate surface area is 73.4 Å². The number of nitrogens with zero attached hydrogens (tertiary/aromatic N) is 1. The molecule has 0 amide bonds. The molecular weight excluding hydrogens is 154 g/mol. The molecule has 1 rings (SSSR count). The molecule has 1 aliphatic heterocycles. The lowest BCUT2D eigenvalue weighted by Crippen LogP contribution is -2.45. The number of carbonyl (C=O) groups is 1. The summed E-state index contributed by atoms with van der Waals surface area (Å²) >= 11 is 0. The highest BCUT2D eigenvalue weighted by atomic mass is 16.3. The van der Waals surface area contributed by atoms with E-state index in [2.05, 4.69) is 4.90 Å². The minimum absolute atomic E-state index is 0.150. The smallest absolute Gasteiger partial charge is 0.121 e. The molecule has 3 nitrogen and oxygen atoms in total. The topological polar surface area (TPSA) is 40.5 Å². The third kappa shape index (κ3) is 1.67. The largest absolute Gasteiger partial charge is 0.391 e. The van der Waals surface area contributed by atoms with E-state index in [1.807, 2.05) is 13.8 Å². The van der Waals surface area contributed by atoms with Gasteiger partial charge in [0.15, 0.2) is 0 Å². The van der Waals surface area contributed by atoms with E-state index in [-0.39, 0.29) is 11.6 Å². The predicted molar refractivity (Wildman–Crippen MR) is 47.0 cm³/mol. The van der Waals surface area contributed by atoms with Gasteiger partial charge in [0.25, 0.3) is 0 Å². The van der Waals surface area contributed by atoms with E-state index in [0.29, 0.717) is 6.42 Å². The molecule has 70 valence electrons. The summed E-state index contributed by atoms with van der Waals surface area (Å²) in [5, 5.41) is 9.60. The van der Waals surface area contributed by atoms with Crippen LogP contribution in [0.2, 0.25) is 0 Å². The lowest BCUT2D eigenvalue weighted by atomic mass is 9.99. The van der Waals surface area contributed by atoms with Crippen molar-refractivity contribution < 1.29 is 9.90 Å². The van der Waals surface area contributed by atoms with E-state index in [1.54, 1.807) is 0 Å². The Morgan fingerprint density at radius 1 is 1.67 bits per heavy atom. The van der Waals surface area contributed by atoms with Gasteiger partial charge in [0.2, 0.25) is 0 Å². The Bertz CT molecular complexity index is 168. The maximum absolute atomic E-state index is 10.2. The first-order valence-electron chi connectivity index (χ1n) is 4.46. The fourth-order valence-corrected chi connectivity index (χ4v) is 1.74. The molecular formula is C9H17NO2. The minimum atomic E-state index is -0.246. The average molecular weight is 171 g/mol. The lowest BCUT2D eigenvalue weighted by Gasteiger charge is -2.33. The van der Waals surface area contributed by atoms with Crippen LogP contribution in [0.5, 0.6) is 0 Å². The number of likely N-dealkylation sites (tertiary alicyclic amines) is 1. The van der Waals surface area contributed by atoms with Crippen LogP contribution in [0.25, 0.3) is 0 Å². The number of rotatable bonds is 3. The highest BCUT2D eigenvalue weighted by Gasteiger charge is 2.39. The van der Waals surface area contributed by atoms with Gasteiger partial charge in [-0.25, -0.2) is 0 Å².